The number of hydrogen-bond acceptors (Lipinski definition) is 3. The average molecular weight is 340 g/mol. The zero-order valence-electron chi connectivity index (χ0n) is 13.7. The van der Waals surface area contributed by atoms with Crippen LogP contribution in [-0.4, -0.2) is 24.7 Å². The number of anilines is 1. The Balaban J connectivity index is 1.97. The summed E-state index contributed by atoms with van der Waals surface area (Å²) in [5.74, 6) is 0.518. The van der Waals surface area contributed by atoms with Crippen molar-refractivity contribution in [2.45, 2.75) is 6.92 Å². The number of benzene rings is 2. The highest BCUT2D eigenvalue weighted by Gasteiger charge is 2.11. The summed E-state index contributed by atoms with van der Waals surface area (Å²) < 4.78 is 5.10. The quantitative estimate of drug-likeness (QED) is 0.666. The smallest absolute Gasteiger partial charge is 0.250 e. The van der Waals surface area contributed by atoms with Crippen molar-refractivity contribution in [3.8, 4) is 5.75 Å². The van der Waals surface area contributed by atoms with E-state index in [0.29, 0.717) is 11.7 Å². The molecule has 0 heterocycles. The molecule has 0 atom stereocenters. The fourth-order valence-electron chi connectivity index (χ4n) is 2.15. The van der Waals surface area contributed by atoms with Crippen LogP contribution in [0.2, 0.25) is 0 Å². The van der Waals surface area contributed by atoms with E-state index in [4.69, 9.17) is 17.0 Å². The molecule has 0 radical (unpaired) electrons. The highest BCUT2D eigenvalue weighted by molar-refractivity contribution is 7.80. The molecule has 0 bridgehead atoms. The minimum Gasteiger partial charge on any atom is -0.497 e. The number of nitrogens with zero attached hydrogens (tertiary/aromatic N) is 1. The number of amides is 1. The first kappa shape index (κ1) is 17.7. The standard InChI is InChI=1S/C19H20N2O2S/c1-3-21(16-7-5-4-6-8-16)19(24)20-18(22)14-11-15-9-12-17(23-2)13-10-15/h4-14H,3H2,1-2H3,(H,20,22,24)/b14-11+. The van der Waals surface area contributed by atoms with Crippen LogP contribution < -0.4 is 15.0 Å². The third-order valence-electron chi connectivity index (χ3n) is 3.40. The van der Waals surface area contributed by atoms with Crippen molar-refractivity contribution in [1.82, 2.24) is 5.32 Å². The summed E-state index contributed by atoms with van der Waals surface area (Å²) in [6.07, 6.45) is 3.20. The average Bonchev–Trinajstić information content (AvgIpc) is 2.62. The van der Waals surface area contributed by atoms with E-state index in [9.17, 15) is 4.79 Å². The van der Waals surface area contributed by atoms with Crippen LogP contribution in [-0.2, 0) is 4.79 Å². The highest BCUT2D eigenvalue weighted by Crippen LogP contribution is 2.13. The van der Waals surface area contributed by atoms with Crippen molar-refractivity contribution in [1.29, 1.82) is 0 Å². The van der Waals surface area contributed by atoms with Gasteiger partial charge in [-0.05, 0) is 55.0 Å². The van der Waals surface area contributed by atoms with Gasteiger partial charge >= 0.3 is 0 Å². The first-order valence-electron chi connectivity index (χ1n) is 7.63. The van der Waals surface area contributed by atoms with Crippen LogP contribution in [0.5, 0.6) is 5.75 Å². The number of ether oxygens (including phenoxy) is 1. The third-order valence-corrected chi connectivity index (χ3v) is 3.72. The number of thiocarbonyl (C=S) groups is 1. The lowest BCUT2D eigenvalue weighted by atomic mass is 10.2. The maximum absolute atomic E-state index is 12.1. The fourth-order valence-corrected chi connectivity index (χ4v) is 2.49. The first-order chi connectivity index (χ1) is 11.6. The van der Waals surface area contributed by atoms with Crippen LogP contribution in [0.1, 0.15) is 12.5 Å². The van der Waals surface area contributed by atoms with Gasteiger partial charge in [-0.2, -0.15) is 0 Å². The van der Waals surface area contributed by atoms with E-state index in [1.807, 2.05) is 66.4 Å². The molecule has 2 aromatic rings. The largest absolute Gasteiger partial charge is 0.497 e. The third kappa shape index (κ3) is 4.93. The Kier molecular flexibility index (Phi) is 6.51. The minimum atomic E-state index is -0.259. The lowest BCUT2D eigenvalue weighted by Gasteiger charge is -2.23. The van der Waals surface area contributed by atoms with Gasteiger partial charge in [0.2, 0.25) is 5.91 Å². The molecule has 0 saturated heterocycles. The summed E-state index contributed by atoms with van der Waals surface area (Å²) in [5.41, 5.74) is 1.86. The van der Waals surface area contributed by atoms with E-state index >= 15 is 0 Å². The molecule has 0 aliphatic carbocycles. The number of nitrogens with one attached hydrogen (secondary N) is 1. The summed E-state index contributed by atoms with van der Waals surface area (Å²) in [5, 5.41) is 3.11. The number of hydrogen-bond donors (Lipinski definition) is 1. The van der Waals surface area contributed by atoms with Gasteiger partial charge in [-0.3, -0.25) is 10.1 Å². The second kappa shape index (κ2) is 8.84. The summed E-state index contributed by atoms with van der Waals surface area (Å²) in [4.78, 5) is 13.9. The topological polar surface area (TPSA) is 41.6 Å². The van der Waals surface area contributed by atoms with Gasteiger partial charge in [0.1, 0.15) is 5.75 Å². The van der Waals surface area contributed by atoms with Crippen LogP contribution in [0.3, 0.4) is 0 Å². The van der Waals surface area contributed by atoms with E-state index < -0.39 is 0 Å². The molecular formula is C19H20N2O2S. The Bertz CT molecular complexity index is 712. The zero-order valence-corrected chi connectivity index (χ0v) is 14.5. The summed E-state index contributed by atoms with van der Waals surface area (Å²) in [7, 11) is 1.62. The Morgan fingerprint density at radius 2 is 1.83 bits per heavy atom. The predicted molar refractivity (Wildman–Crippen MR) is 102 cm³/mol. The Hall–Kier alpha value is -2.66. The molecule has 0 fully saturated rings. The molecule has 0 spiro atoms. The molecule has 1 N–H and O–H groups in total. The Morgan fingerprint density at radius 3 is 2.42 bits per heavy atom. The van der Waals surface area contributed by atoms with E-state index in [1.54, 1.807) is 13.2 Å². The molecule has 1 amide bonds. The molecule has 0 saturated carbocycles. The second-order valence-corrected chi connectivity index (χ2v) is 5.37. The lowest BCUT2D eigenvalue weighted by molar-refractivity contribution is -0.115. The molecule has 124 valence electrons. The highest BCUT2D eigenvalue weighted by atomic mass is 32.1. The van der Waals surface area contributed by atoms with Crippen LogP contribution in [0.15, 0.2) is 60.7 Å². The normalized spacial score (nSPS) is 10.4. The van der Waals surface area contributed by atoms with Crippen molar-refractivity contribution >= 4 is 35.0 Å². The van der Waals surface area contributed by atoms with Crippen LogP contribution in [0.25, 0.3) is 6.08 Å². The molecule has 4 nitrogen and oxygen atoms in total. The molecule has 0 unspecified atom stereocenters. The van der Waals surface area contributed by atoms with Crippen LogP contribution in [0.4, 0.5) is 5.69 Å². The molecule has 24 heavy (non-hydrogen) atoms. The molecule has 0 aromatic heterocycles. The van der Waals surface area contributed by atoms with Gasteiger partial charge in [-0.15, -0.1) is 0 Å². The molecule has 2 rings (SSSR count). The minimum absolute atomic E-state index is 0.259. The van der Waals surface area contributed by atoms with Crippen LogP contribution >= 0.6 is 12.2 Å². The van der Waals surface area contributed by atoms with Gasteiger partial charge in [0.05, 0.1) is 7.11 Å². The number of carbonyl (C=O) groups excluding carboxylic acids is 1. The molecule has 0 aliphatic heterocycles. The fraction of sp³-hybridized carbons (Fsp3) is 0.158. The second-order valence-electron chi connectivity index (χ2n) is 4.98. The monoisotopic (exact) mass is 340 g/mol. The van der Waals surface area contributed by atoms with Crippen molar-refractivity contribution in [3.63, 3.8) is 0 Å². The molecule has 2 aromatic carbocycles. The first-order valence-corrected chi connectivity index (χ1v) is 8.04. The number of methoxy groups -OCH3 is 1. The Morgan fingerprint density at radius 1 is 1.17 bits per heavy atom. The molecule has 5 heteroatoms. The van der Waals surface area contributed by atoms with Crippen molar-refractivity contribution in [2.75, 3.05) is 18.6 Å². The molecule has 0 aliphatic rings. The van der Waals surface area contributed by atoms with E-state index in [2.05, 4.69) is 5.32 Å². The Labute approximate surface area is 147 Å². The number of carbonyl (C=O) groups is 1. The van der Waals surface area contributed by atoms with E-state index in [1.165, 1.54) is 6.08 Å². The van der Waals surface area contributed by atoms with Crippen molar-refractivity contribution in [3.05, 3.63) is 66.2 Å². The zero-order chi connectivity index (χ0) is 17.4. The van der Waals surface area contributed by atoms with Crippen LogP contribution in [0, 0.1) is 0 Å². The van der Waals surface area contributed by atoms with Gasteiger partial charge in [0, 0.05) is 18.3 Å². The molecular weight excluding hydrogens is 320 g/mol. The van der Waals surface area contributed by atoms with Crippen molar-refractivity contribution in [2.24, 2.45) is 0 Å². The maximum Gasteiger partial charge on any atom is 0.250 e. The predicted octanol–water partition coefficient (Wildman–Crippen LogP) is 3.64. The van der Waals surface area contributed by atoms with Gasteiger partial charge in [0.25, 0.3) is 0 Å². The van der Waals surface area contributed by atoms with Gasteiger partial charge in [-0.1, -0.05) is 30.3 Å². The van der Waals surface area contributed by atoms with E-state index in [0.717, 1.165) is 17.0 Å². The number of para-hydroxylation sites is 1. The summed E-state index contributed by atoms with van der Waals surface area (Å²) in [6, 6.07) is 17.2. The van der Waals surface area contributed by atoms with E-state index in [-0.39, 0.29) is 5.91 Å². The van der Waals surface area contributed by atoms with Gasteiger partial charge in [-0.25, -0.2) is 0 Å². The number of rotatable bonds is 5. The maximum atomic E-state index is 12.1. The van der Waals surface area contributed by atoms with Gasteiger partial charge < -0.3 is 9.64 Å². The van der Waals surface area contributed by atoms with Gasteiger partial charge in [0.15, 0.2) is 5.11 Å². The summed E-state index contributed by atoms with van der Waals surface area (Å²) >= 11 is 5.34. The SMILES string of the molecule is CCN(C(=S)NC(=O)/C=C/c1ccc(OC)cc1)c1ccccc1. The summed E-state index contributed by atoms with van der Waals surface area (Å²) in [6.45, 7) is 2.66. The lowest BCUT2D eigenvalue weighted by Crippen LogP contribution is -2.42. The van der Waals surface area contributed by atoms with Crippen molar-refractivity contribution < 1.29 is 9.53 Å².